The Morgan fingerprint density at radius 3 is 2.59 bits per heavy atom. The molecule has 0 saturated heterocycles. The second-order valence-corrected chi connectivity index (χ2v) is 5.53. The van der Waals surface area contributed by atoms with Crippen molar-refractivity contribution in [2.24, 2.45) is 17.6 Å². The molecule has 0 bridgehead atoms. The lowest BCUT2D eigenvalue weighted by Gasteiger charge is -2.26. The Hall–Kier alpha value is -0.570. The van der Waals surface area contributed by atoms with E-state index in [4.69, 9.17) is 5.73 Å². The van der Waals surface area contributed by atoms with Gasteiger partial charge in [-0.1, -0.05) is 39.0 Å². The number of amides is 1. The third kappa shape index (κ3) is 5.07. The summed E-state index contributed by atoms with van der Waals surface area (Å²) in [6.45, 7) is 3.49. The van der Waals surface area contributed by atoms with Crippen LogP contribution in [0.3, 0.4) is 0 Å². The maximum atomic E-state index is 12.0. The predicted molar refractivity (Wildman–Crippen MR) is 71.7 cm³/mol. The molecule has 0 aromatic heterocycles. The molecule has 3 heteroatoms. The molecule has 0 heterocycles. The van der Waals surface area contributed by atoms with Gasteiger partial charge < -0.3 is 10.6 Å². The first kappa shape index (κ1) is 14.5. The molecule has 3 nitrogen and oxygen atoms in total. The van der Waals surface area contributed by atoms with Gasteiger partial charge in [-0.25, -0.2) is 0 Å². The van der Waals surface area contributed by atoms with Crippen LogP contribution in [-0.2, 0) is 4.79 Å². The number of carbonyl (C=O) groups is 1. The van der Waals surface area contributed by atoms with Gasteiger partial charge in [0.25, 0.3) is 0 Å². The molecule has 0 aliphatic heterocycles. The zero-order valence-corrected chi connectivity index (χ0v) is 11.5. The second kappa shape index (κ2) is 7.70. The van der Waals surface area contributed by atoms with Crippen molar-refractivity contribution in [3.8, 4) is 0 Å². The number of nitrogens with two attached hydrogens (primary N) is 1. The summed E-state index contributed by atoms with van der Waals surface area (Å²) in [5, 5.41) is 0. The van der Waals surface area contributed by atoms with Gasteiger partial charge in [-0.2, -0.15) is 0 Å². The standard InChI is InChI=1S/C14H28N2O/c1-12(8-10-15)14(17)16(2)11-9-13-6-4-3-5-7-13/h12-13H,3-11,15H2,1-2H3. The smallest absolute Gasteiger partial charge is 0.225 e. The maximum Gasteiger partial charge on any atom is 0.225 e. The van der Waals surface area contributed by atoms with Gasteiger partial charge in [0.1, 0.15) is 0 Å². The van der Waals surface area contributed by atoms with E-state index in [1.807, 2.05) is 18.9 Å². The lowest BCUT2D eigenvalue weighted by Crippen LogP contribution is -2.34. The van der Waals surface area contributed by atoms with Crippen LogP contribution >= 0.6 is 0 Å². The summed E-state index contributed by atoms with van der Waals surface area (Å²) in [5.74, 6) is 1.19. The highest BCUT2D eigenvalue weighted by Crippen LogP contribution is 2.26. The van der Waals surface area contributed by atoms with Gasteiger partial charge in [0, 0.05) is 19.5 Å². The van der Waals surface area contributed by atoms with Crippen LogP contribution in [0.5, 0.6) is 0 Å². The summed E-state index contributed by atoms with van der Waals surface area (Å²) in [5.41, 5.74) is 5.49. The Labute approximate surface area is 106 Å². The third-order valence-corrected chi connectivity index (χ3v) is 3.99. The van der Waals surface area contributed by atoms with Crippen molar-refractivity contribution in [3.63, 3.8) is 0 Å². The minimum Gasteiger partial charge on any atom is -0.346 e. The number of hydrogen-bond acceptors (Lipinski definition) is 2. The first-order chi connectivity index (χ1) is 8.15. The highest BCUT2D eigenvalue weighted by atomic mass is 16.2. The highest BCUT2D eigenvalue weighted by Gasteiger charge is 2.19. The van der Waals surface area contributed by atoms with Gasteiger partial charge in [-0.3, -0.25) is 4.79 Å². The first-order valence-electron chi connectivity index (χ1n) is 7.10. The van der Waals surface area contributed by atoms with Crippen molar-refractivity contribution < 1.29 is 4.79 Å². The van der Waals surface area contributed by atoms with E-state index in [9.17, 15) is 4.79 Å². The van der Waals surface area contributed by atoms with E-state index in [0.717, 1.165) is 18.9 Å². The fourth-order valence-corrected chi connectivity index (χ4v) is 2.71. The van der Waals surface area contributed by atoms with Crippen LogP contribution in [0.15, 0.2) is 0 Å². The summed E-state index contributed by atoms with van der Waals surface area (Å²) in [7, 11) is 1.93. The molecular formula is C14H28N2O. The average molecular weight is 240 g/mol. The van der Waals surface area contributed by atoms with Crippen LogP contribution in [-0.4, -0.2) is 30.9 Å². The molecular weight excluding hydrogens is 212 g/mol. The Morgan fingerprint density at radius 1 is 1.35 bits per heavy atom. The van der Waals surface area contributed by atoms with Crippen LogP contribution < -0.4 is 5.73 Å². The molecule has 0 aromatic carbocycles. The topological polar surface area (TPSA) is 46.3 Å². The van der Waals surface area contributed by atoms with Crippen LogP contribution in [0.2, 0.25) is 0 Å². The van der Waals surface area contributed by atoms with Crippen molar-refractivity contribution in [2.75, 3.05) is 20.1 Å². The van der Waals surface area contributed by atoms with Crippen LogP contribution in [0, 0.1) is 11.8 Å². The Bertz CT molecular complexity index is 224. The van der Waals surface area contributed by atoms with E-state index < -0.39 is 0 Å². The normalized spacial score (nSPS) is 19.0. The highest BCUT2D eigenvalue weighted by molar-refractivity contribution is 5.78. The van der Waals surface area contributed by atoms with Crippen LogP contribution in [0.25, 0.3) is 0 Å². The van der Waals surface area contributed by atoms with Gasteiger partial charge in [0.05, 0.1) is 0 Å². The number of carbonyl (C=O) groups excluding carboxylic acids is 1. The van der Waals surface area contributed by atoms with Gasteiger partial charge in [0.2, 0.25) is 5.91 Å². The monoisotopic (exact) mass is 240 g/mol. The molecule has 1 aliphatic carbocycles. The fourth-order valence-electron chi connectivity index (χ4n) is 2.71. The van der Waals surface area contributed by atoms with Crippen molar-refractivity contribution in [2.45, 2.75) is 51.9 Å². The second-order valence-electron chi connectivity index (χ2n) is 5.53. The van der Waals surface area contributed by atoms with Gasteiger partial charge in [-0.15, -0.1) is 0 Å². The molecule has 0 spiro atoms. The number of rotatable bonds is 6. The van der Waals surface area contributed by atoms with Gasteiger partial charge in [0.15, 0.2) is 0 Å². The SMILES string of the molecule is CC(CCN)C(=O)N(C)CCC1CCCCC1. The zero-order chi connectivity index (χ0) is 12.7. The largest absolute Gasteiger partial charge is 0.346 e. The van der Waals surface area contributed by atoms with Gasteiger partial charge >= 0.3 is 0 Å². The molecule has 1 atom stereocenters. The Kier molecular flexibility index (Phi) is 6.56. The van der Waals surface area contributed by atoms with Crippen LogP contribution in [0.1, 0.15) is 51.9 Å². The molecule has 1 unspecified atom stereocenters. The van der Waals surface area contributed by atoms with E-state index in [-0.39, 0.29) is 11.8 Å². The third-order valence-electron chi connectivity index (χ3n) is 3.99. The van der Waals surface area contributed by atoms with E-state index in [0.29, 0.717) is 6.54 Å². The fraction of sp³-hybridized carbons (Fsp3) is 0.929. The lowest BCUT2D eigenvalue weighted by atomic mass is 9.87. The molecule has 17 heavy (non-hydrogen) atoms. The first-order valence-corrected chi connectivity index (χ1v) is 7.10. The minimum absolute atomic E-state index is 0.0800. The molecule has 0 aromatic rings. The Morgan fingerprint density at radius 2 is 2.00 bits per heavy atom. The van der Waals surface area contributed by atoms with Crippen molar-refractivity contribution in [1.82, 2.24) is 4.90 Å². The molecule has 0 radical (unpaired) electrons. The average Bonchev–Trinajstić information content (AvgIpc) is 2.36. The summed E-state index contributed by atoms with van der Waals surface area (Å²) in [6.07, 6.45) is 8.86. The summed E-state index contributed by atoms with van der Waals surface area (Å²) >= 11 is 0. The van der Waals surface area contributed by atoms with Crippen molar-refractivity contribution in [1.29, 1.82) is 0 Å². The number of nitrogens with zero attached hydrogens (tertiary/aromatic N) is 1. The van der Waals surface area contributed by atoms with E-state index in [1.54, 1.807) is 0 Å². The van der Waals surface area contributed by atoms with E-state index in [1.165, 1.54) is 38.5 Å². The molecule has 1 amide bonds. The van der Waals surface area contributed by atoms with Gasteiger partial charge in [-0.05, 0) is 25.3 Å². The number of hydrogen-bond donors (Lipinski definition) is 1. The van der Waals surface area contributed by atoms with Crippen molar-refractivity contribution in [3.05, 3.63) is 0 Å². The summed E-state index contributed by atoms with van der Waals surface area (Å²) in [6, 6.07) is 0. The minimum atomic E-state index is 0.0800. The summed E-state index contributed by atoms with van der Waals surface area (Å²) < 4.78 is 0. The molecule has 1 saturated carbocycles. The maximum absolute atomic E-state index is 12.0. The zero-order valence-electron chi connectivity index (χ0n) is 11.5. The quantitative estimate of drug-likeness (QED) is 0.775. The summed E-state index contributed by atoms with van der Waals surface area (Å²) in [4.78, 5) is 13.9. The molecule has 1 fully saturated rings. The molecule has 1 aliphatic rings. The molecule has 1 rings (SSSR count). The van der Waals surface area contributed by atoms with E-state index >= 15 is 0 Å². The molecule has 100 valence electrons. The Balaban J connectivity index is 2.23. The van der Waals surface area contributed by atoms with Crippen molar-refractivity contribution >= 4 is 5.91 Å². The lowest BCUT2D eigenvalue weighted by molar-refractivity contribution is -0.134. The van der Waals surface area contributed by atoms with Crippen LogP contribution in [0.4, 0.5) is 0 Å². The van der Waals surface area contributed by atoms with E-state index in [2.05, 4.69) is 0 Å². The molecule has 2 N–H and O–H groups in total. The predicted octanol–water partition coefficient (Wildman–Crippen LogP) is 2.40.